The third-order valence-electron chi connectivity index (χ3n) is 3.02. The van der Waals surface area contributed by atoms with Crippen LogP contribution in [-0.2, 0) is 19.2 Å². The summed E-state index contributed by atoms with van der Waals surface area (Å²) in [5.41, 5.74) is 22.1. The molecule has 0 unspecified atom stereocenters. The Morgan fingerprint density at radius 2 is 1.33 bits per heavy atom. The average Bonchev–Trinajstić information content (AvgIpc) is 2.49. The molecule has 0 radical (unpaired) electrons. The first-order chi connectivity index (χ1) is 10.9. The van der Waals surface area contributed by atoms with Gasteiger partial charge in [-0.2, -0.15) is 0 Å². The SMILES string of the molecule is C[C@H](N)C(=O)C(SSC[C@H](N)C(=O)O)(C(=O)[C@H](C)N)[C@H](N)C(=O)O. The van der Waals surface area contributed by atoms with Gasteiger partial charge in [0.05, 0.1) is 12.1 Å². The van der Waals surface area contributed by atoms with E-state index in [1.54, 1.807) is 0 Å². The van der Waals surface area contributed by atoms with E-state index in [2.05, 4.69) is 0 Å². The molecule has 0 amide bonds. The highest BCUT2D eigenvalue weighted by Crippen LogP contribution is 2.41. The summed E-state index contributed by atoms with van der Waals surface area (Å²) < 4.78 is -2.25. The van der Waals surface area contributed by atoms with Gasteiger partial charge in [0.15, 0.2) is 16.3 Å². The third-order valence-corrected chi connectivity index (χ3v) is 6.10. The molecule has 0 fully saturated rings. The van der Waals surface area contributed by atoms with Gasteiger partial charge in [0.25, 0.3) is 0 Å². The van der Waals surface area contributed by atoms with Crippen molar-refractivity contribution in [2.75, 3.05) is 5.75 Å². The van der Waals surface area contributed by atoms with Gasteiger partial charge in [-0.3, -0.25) is 19.2 Å². The summed E-state index contributed by atoms with van der Waals surface area (Å²) in [4.78, 5) is 47.2. The van der Waals surface area contributed by atoms with Gasteiger partial charge in [-0.05, 0) is 13.8 Å². The lowest BCUT2D eigenvalue weighted by atomic mass is 9.84. The van der Waals surface area contributed by atoms with Crippen LogP contribution in [-0.4, -0.2) is 68.4 Å². The predicted octanol–water partition coefficient (Wildman–Crippen LogP) is -2.24. The maximum Gasteiger partial charge on any atom is 0.322 e. The first-order valence-corrected chi connectivity index (χ1v) is 9.08. The molecule has 12 heteroatoms. The van der Waals surface area contributed by atoms with Crippen molar-refractivity contribution in [3.05, 3.63) is 0 Å². The molecule has 0 aromatic carbocycles. The molecule has 138 valence electrons. The molecule has 0 aliphatic rings. The maximum absolute atomic E-state index is 12.5. The summed E-state index contributed by atoms with van der Waals surface area (Å²) in [6, 6.07) is -5.54. The number of rotatable bonds is 11. The van der Waals surface area contributed by atoms with E-state index in [4.69, 9.17) is 28.0 Å². The second-order valence-corrected chi connectivity index (χ2v) is 7.76. The molecule has 0 aliphatic carbocycles. The van der Waals surface area contributed by atoms with Gasteiger partial charge in [0.2, 0.25) is 0 Å². The molecule has 0 saturated heterocycles. The number of hydrogen-bond acceptors (Lipinski definition) is 10. The van der Waals surface area contributed by atoms with Crippen molar-refractivity contribution in [3.63, 3.8) is 0 Å². The second-order valence-electron chi connectivity index (χ2n) is 5.17. The van der Waals surface area contributed by atoms with Gasteiger partial charge < -0.3 is 33.1 Å². The summed E-state index contributed by atoms with van der Waals surface area (Å²) in [5.74, 6) is -4.86. The van der Waals surface area contributed by atoms with Crippen LogP contribution in [0.2, 0.25) is 0 Å². The topological polar surface area (TPSA) is 213 Å². The third kappa shape index (κ3) is 5.16. The fourth-order valence-corrected chi connectivity index (χ4v) is 4.97. The second kappa shape index (κ2) is 9.34. The molecule has 10 nitrogen and oxygen atoms in total. The van der Waals surface area contributed by atoms with Crippen LogP contribution in [0.4, 0.5) is 0 Å². The number of Topliss-reactive ketones (excluding diaryl/α,β-unsaturated/α-hetero) is 2. The highest BCUT2D eigenvalue weighted by atomic mass is 33.1. The van der Waals surface area contributed by atoms with Crippen LogP contribution in [0.1, 0.15) is 13.8 Å². The molecular formula is C12H22N4O6S2. The normalized spacial score (nSPS) is 16.8. The Morgan fingerprint density at radius 1 is 0.917 bits per heavy atom. The Hall–Kier alpha value is -1.18. The van der Waals surface area contributed by atoms with Gasteiger partial charge >= 0.3 is 11.9 Å². The molecule has 0 aromatic heterocycles. The van der Waals surface area contributed by atoms with E-state index in [0.717, 1.165) is 10.8 Å². The van der Waals surface area contributed by atoms with E-state index in [0.29, 0.717) is 10.8 Å². The van der Waals surface area contributed by atoms with Crippen molar-refractivity contribution in [1.82, 2.24) is 0 Å². The van der Waals surface area contributed by atoms with E-state index in [1.165, 1.54) is 13.8 Å². The number of aliphatic carboxylic acids is 2. The minimum atomic E-state index is -2.25. The lowest BCUT2D eigenvalue weighted by Crippen LogP contribution is -2.66. The van der Waals surface area contributed by atoms with E-state index < -0.39 is 52.4 Å². The van der Waals surface area contributed by atoms with Crippen LogP contribution in [0.15, 0.2) is 0 Å². The van der Waals surface area contributed by atoms with Crippen molar-refractivity contribution in [2.24, 2.45) is 22.9 Å². The first kappa shape index (κ1) is 22.8. The van der Waals surface area contributed by atoms with Gasteiger partial charge in [-0.25, -0.2) is 0 Å². The van der Waals surface area contributed by atoms with E-state index in [1.807, 2.05) is 0 Å². The Bertz CT molecular complexity index is 494. The fraction of sp³-hybridized carbons (Fsp3) is 0.667. The predicted molar refractivity (Wildman–Crippen MR) is 91.3 cm³/mol. The van der Waals surface area contributed by atoms with Crippen LogP contribution in [0.25, 0.3) is 0 Å². The number of carboxylic acid groups (broad SMARTS) is 2. The van der Waals surface area contributed by atoms with E-state index in [-0.39, 0.29) is 5.75 Å². The average molecular weight is 382 g/mol. The van der Waals surface area contributed by atoms with Crippen molar-refractivity contribution in [3.8, 4) is 0 Å². The number of carboxylic acids is 2. The smallest absolute Gasteiger partial charge is 0.322 e. The summed E-state index contributed by atoms with van der Waals surface area (Å²) in [6.45, 7) is 2.57. The summed E-state index contributed by atoms with van der Waals surface area (Å²) >= 11 is 0. The van der Waals surface area contributed by atoms with Gasteiger partial charge in [-0.1, -0.05) is 21.6 Å². The molecule has 0 spiro atoms. The van der Waals surface area contributed by atoms with Crippen molar-refractivity contribution in [1.29, 1.82) is 0 Å². The molecule has 0 heterocycles. The molecule has 0 aliphatic heterocycles. The van der Waals surface area contributed by atoms with Crippen molar-refractivity contribution < 1.29 is 29.4 Å². The zero-order valence-electron chi connectivity index (χ0n) is 13.2. The number of carbonyl (C=O) groups is 4. The Morgan fingerprint density at radius 3 is 1.62 bits per heavy atom. The van der Waals surface area contributed by atoms with E-state index in [9.17, 15) is 24.3 Å². The lowest BCUT2D eigenvalue weighted by Gasteiger charge is -2.35. The fourth-order valence-electron chi connectivity index (χ4n) is 1.68. The highest BCUT2D eigenvalue weighted by Gasteiger charge is 2.56. The molecule has 4 atom stereocenters. The monoisotopic (exact) mass is 382 g/mol. The molecule has 10 N–H and O–H groups in total. The summed E-state index contributed by atoms with van der Waals surface area (Å²) in [6.07, 6.45) is 0. The molecule has 0 bridgehead atoms. The van der Waals surface area contributed by atoms with Crippen LogP contribution in [0, 0.1) is 0 Å². The quantitative estimate of drug-likeness (QED) is 0.165. The maximum atomic E-state index is 12.5. The first-order valence-electron chi connectivity index (χ1n) is 6.76. The van der Waals surface area contributed by atoms with Crippen LogP contribution >= 0.6 is 21.6 Å². The largest absolute Gasteiger partial charge is 0.480 e. The molecule has 24 heavy (non-hydrogen) atoms. The molecule has 0 saturated carbocycles. The highest BCUT2D eigenvalue weighted by molar-refractivity contribution is 8.77. The minimum Gasteiger partial charge on any atom is -0.480 e. The van der Waals surface area contributed by atoms with Gasteiger partial charge in [0.1, 0.15) is 12.1 Å². The molecule has 0 aromatic rings. The zero-order valence-corrected chi connectivity index (χ0v) is 14.8. The Balaban J connectivity index is 5.82. The number of ketones is 2. The Labute approximate surface area is 146 Å². The Kier molecular flexibility index (Phi) is 8.88. The standard InChI is InChI=1S/C12H22N4O6S2/c1-4(13)8(17)12(7(16)11(21)22,9(18)5(2)14)24-23-3-6(15)10(19)20/h4-7H,3,13-16H2,1-2H3,(H,19,20)(H,21,22)/t4-,5-,6-,7+/m0/s1. The van der Waals surface area contributed by atoms with Crippen LogP contribution in [0.3, 0.4) is 0 Å². The van der Waals surface area contributed by atoms with Crippen molar-refractivity contribution in [2.45, 2.75) is 42.8 Å². The summed E-state index contributed by atoms with van der Waals surface area (Å²) in [5, 5.41) is 18.0. The van der Waals surface area contributed by atoms with E-state index >= 15 is 0 Å². The number of hydrogen-bond donors (Lipinski definition) is 6. The summed E-state index contributed by atoms with van der Waals surface area (Å²) in [7, 11) is 1.28. The van der Waals surface area contributed by atoms with Crippen LogP contribution < -0.4 is 22.9 Å². The number of carbonyl (C=O) groups excluding carboxylic acids is 2. The van der Waals surface area contributed by atoms with Gasteiger partial charge in [0, 0.05) is 5.75 Å². The van der Waals surface area contributed by atoms with Crippen LogP contribution in [0.5, 0.6) is 0 Å². The van der Waals surface area contributed by atoms with Gasteiger partial charge in [-0.15, -0.1) is 0 Å². The minimum absolute atomic E-state index is 0.188. The number of nitrogens with two attached hydrogens (primary N) is 4. The zero-order chi connectivity index (χ0) is 19.2. The molecular weight excluding hydrogens is 360 g/mol. The molecule has 0 rings (SSSR count). The van der Waals surface area contributed by atoms with Crippen molar-refractivity contribution >= 4 is 45.1 Å². The lowest BCUT2D eigenvalue weighted by molar-refractivity contribution is -0.145.